The average Bonchev–Trinajstić information content (AvgIpc) is 3.20. The summed E-state index contributed by atoms with van der Waals surface area (Å²) in [5.41, 5.74) is 3.03. The fourth-order valence-electron chi connectivity index (χ4n) is 9.27. The molecule has 32 heavy (non-hydrogen) atoms. The molecule has 3 saturated carbocycles. The fraction of sp³-hybridized carbons (Fsp3) is 0.893. The quantitative estimate of drug-likeness (QED) is 0.462. The highest BCUT2D eigenvalue weighted by Gasteiger charge is 2.67. The Labute approximate surface area is 194 Å². The zero-order valence-corrected chi connectivity index (χ0v) is 21.0. The van der Waals surface area contributed by atoms with Crippen LogP contribution in [0.1, 0.15) is 99.3 Å². The SMILES string of the molecule is C[C@H](C[C@H](O)[C@@H]1OC1(C)C)C1=C2C[C@H](O)C3[C@](C)(CC[C@H]4CC(=O)CC[C@]34C)[C@@]2(C)CC1. The monoisotopic (exact) mass is 444 g/mol. The standard InChI is InChI=1S/C28H44O4/c1-16(13-22(31)24-25(2,3)32-24)19-9-12-27(5)20(19)15-21(30)23-26(4)10-8-18(29)14-17(26)7-11-28(23,27)6/h16-17,21-24,30-31H,7-15H2,1-6H3/t16-,17+,21+,22+,23?,24+,26+,27+,28+/m1/s1. The van der Waals surface area contributed by atoms with Crippen molar-refractivity contribution in [3.8, 4) is 0 Å². The van der Waals surface area contributed by atoms with Gasteiger partial charge in [-0.25, -0.2) is 0 Å². The number of aliphatic hydroxyl groups excluding tert-OH is 2. The van der Waals surface area contributed by atoms with Crippen LogP contribution in [0.4, 0.5) is 0 Å². The highest BCUT2D eigenvalue weighted by atomic mass is 16.6. The Hall–Kier alpha value is -0.710. The summed E-state index contributed by atoms with van der Waals surface area (Å²) < 4.78 is 5.70. The first-order chi connectivity index (χ1) is 14.8. The van der Waals surface area contributed by atoms with Crippen LogP contribution in [0.25, 0.3) is 0 Å². The van der Waals surface area contributed by atoms with E-state index in [1.165, 1.54) is 11.1 Å². The minimum absolute atomic E-state index is 0.0496. The van der Waals surface area contributed by atoms with Crippen LogP contribution < -0.4 is 0 Å². The Kier molecular flexibility index (Phi) is 5.15. The first-order valence-corrected chi connectivity index (χ1v) is 13.1. The summed E-state index contributed by atoms with van der Waals surface area (Å²) in [4.78, 5) is 12.2. The van der Waals surface area contributed by atoms with Crippen LogP contribution in [0.3, 0.4) is 0 Å². The van der Waals surface area contributed by atoms with E-state index in [0.29, 0.717) is 24.0 Å². The van der Waals surface area contributed by atoms with E-state index in [0.717, 1.165) is 51.4 Å². The third-order valence-corrected chi connectivity index (χ3v) is 11.4. The van der Waals surface area contributed by atoms with Gasteiger partial charge >= 0.3 is 0 Å². The van der Waals surface area contributed by atoms with Gasteiger partial charge in [-0.2, -0.15) is 0 Å². The van der Waals surface area contributed by atoms with Crippen molar-refractivity contribution in [3.05, 3.63) is 11.1 Å². The Morgan fingerprint density at radius 1 is 1.06 bits per heavy atom. The molecule has 0 amide bonds. The van der Waals surface area contributed by atoms with Crippen molar-refractivity contribution in [1.29, 1.82) is 0 Å². The Balaban J connectivity index is 1.45. The summed E-state index contributed by atoms with van der Waals surface area (Å²) in [7, 11) is 0. The van der Waals surface area contributed by atoms with Crippen molar-refractivity contribution >= 4 is 5.78 Å². The van der Waals surface area contributed by atoms with Gasteiger partial charge in [0.25, 0.3) is 0 Å². The number of carbonyl (C=O) groups is 1. The number of ketones is 1. The lowest BCUT2D eigenvalue weighted by Gasteiger charge is -2.67. The summed E-state index contributed by atoms with van der Waals surface area (Å²) >= 11 is 0. The summed E-state index contributed by atoms with van der Waals surface area (Å²) in [6.45, 7) is 13.7. The predicted octanol–water partition coefficient (Wildman–Crippen LogP) is 5.20. The van der Waals surface area contributed by atoms with Crippen LogP contribution in [0.5, 0.6) is 0 Å². The van der Waals surface area contributed by atoms with Gasteiger partial charge in [0.15, 0.2) is 0 Å². The van der Waals surface area contributed by atoms with E-state index in [9.17, 15) is 15.0 Å². The van der Waals surface area contributed by atoms with Crippen LogP contribution >= 0.6 is 0 Å². The molecule has 1 heterocycles. The number of fused-ring (bicyclic) bond motifs is 5. The second kappa shape index (κ2) is 7.15. The number of aliphatic hydroxyl groups is 2. The van der Waals surface area contributed by atoms with E-state index < -0.39 is 6.10 Å². The molecule has 1 aliphatic heterocycles. The van der Waals surface area contributed by atoms with Gasteiger partial charge in [0.05, 0.1) is 17.8 Å². The van der Waals surface area contributed by atoms with E-state index in [1.807, 2.05) is 13.8 Å². The Morgan fingerprint density at radius 2 is 1.75 bits per heavy atom. The summed E-state index contributed by atoms with van der Waals surface area (Å²) in [6.07, 6.45) is 7.51. The predicted molar refractivity (Wildman–Crippen MR) is 125 cm³/mol. The number of ether oxygens (including phenoxy) is 1. The maximum absolute atomic E-state index is 12.2. The molecule has 180 valence electrons. The molecule has 0 aromatic carbocycles. The molecule has 1 unspecified atom stereocenters. The molecule has 4 heteroatoms. The molecular formula is C28H44O4. The van der Waals surface area contributed by atoms with E-state index in [2.05, 4.69) is 27.7 Å². The van der Waals surface area contributed by atoms with Gasteiger partial charge in [0.2, 0.25) is 0 Å². The van der Waals surface area contributed by atoms with E-state index >= 15 is 0 Å². The number of hydrogen-bond acceptors (Lipinski definition) is 4. The number of rotatable bonds is 4. The van der Waals surface area contributed by atoms with Gasteiger partial charge in [-0.1, -0.05) is 38.8 Å². The van der Waals surface area contributed by atoms with Crippen molar-refractivity contribution in [2.45, 2.75) is 123 Å². The molecule has 1 saturated heterocycles. The molecule has 4 fully saturated rings. The molecule has 0 spiro atoms. The van der Waals surface area contributed by atoms with Crippen LogP contribution in [0, 0.1) is 34.0 Å². The first kappa shape index (κ1) is 23.1. The summed E-state index contributed by atoms with van der Waals surface area (Å²) in [5.74, 6) is 1.43. The van der Waals surface area contributed by atoms with Gasteiger partial charge in [0.1, 0.15) is 11.9 Å². The third-order valence-electron chi connectivity index (χ3n) is 11.4. The highest BCUT2D eigenvalue weighted by Crippen LogP contribution is 2.72. The van der Waals surface area contributed by atoms with Crippen LogP contribution in [-0.4, -0.2) is 39.9 Å². The van der Waals surface area contributed by atoms with Gasteiger partial charge in [-0.05, 0) is 92.8 Å². The number of allylic oxidation sites excluding steroid dienone is 1. The molecule has 5 rings (SSSR count). The number of carbonyl (C=O) groups excluding carboxylic acids is 1. The van der Waals surface area contributed by atoms with Crippen molar-refractivity contribution in [2.24, 2.45) is 34.0 Å². The van der Waals surface area contributed by atoms with Gasteiger partial charge in [0, 0.05) is 12.8 Å². The maximum atomic E-state index is 12.2. The topological polar surface area (TPSA) is 70.1 Å². The van der Waals surface area contributed by atoms with E-state index in [1.54, 1.807) is 0 Å². The zero-order chi connectivity index (χ0) is 23.3. The molecule has 5 aliphatic rings. The van der Waals surface area contributed by atoms with Crippen molar-refractivity contribution < 1.29 is 19.7 Å². The van der Waals surface area contributed by atoms with Crippen LogP contribution in [0.15, 0.2) is 11.1 Å². The molecule has 9 atom stereocenters. The molecule has 0 radical (unpaired) electrons. The largest absolute Gasteiger partial charge is 0.392 e. The Morgan fingerprint density at radius 3 is 2.41 bits per heavy atom. The second-order valence-corrected chi connectivity index (χ2v) is 13.3. The van der Waals surface area contributed by atoms with Gasteiger partial charge in [-0.3, -0.25) is 4.79 Å². The molecule has 0 aromatic heterocycles. The number of epoxide rings is 1. The smallest absolute Gasteiger partial charge is 0.133 e. The Bertz CT molecular complexity index is 844. The lowest BCUT2D eigenvalue weighted by atomic mass is 9.38. The normalized spacial score (nSPS) is 49.2. The number of hydrogen-bond donors (Lipinski definition) is 2. The molecular weight excluding hydrogens is 400 g/mol. The highest BCUT2D eigenvalue weighted by molar-refractivity contribution is 5.79. The maximum Gasteiger partial charge on any atom is 0.133 e. The molecule has 4 nitrogen and oxygen atoms in total. The second-order valence-electron chi connectivity index (χ2n) is 13.3. The van der Waals surface area contributed by atoms with Crippen LogP contribution in [0.2, 0.25) is 0 Å². The van der Waals surface area contributed by atoms with Crippen LogP contribution in [-0.2, 0) is 9.53 Å². The fourth-order valence-corrected chi connectivity index (χ4v) is 9.27. The third kappa shape index (κ3) is 3.08. The zero-order valence-electron chi connectivity index (χ0n) is 21.0. The minimum atomic E-state index is -0.425. The molecule has 0 aromatic rings. The summed E-state index contributed by atoms with van der Waals surface area (Å²) in [5, 5.41) is 22.4. The lowest BCUT2D eigenvalue weighted by molar-refractivity contribution is -0.188. The van der Waals surface area contributed by atoms with Gasteiger partial charge < -0.3 is 14.9 Å². The molecule has 2 N–H and O–H groups in total. The first-order valence-electron chi connectivity index (χ1n) is 13.1. The number of Topliss-reactive ketones (excluding diaryl/α,β-unsaturated/α-hetero) is 1. The lowest BCUT2D eigenvalue weighted by Crippen LogP contribution is -2.63. The van der Waals surface area contributed by atoms with E-state index in [-0.39, 0.29) is 40.0 Å². The van der Waals surface area contributed by atoms with Crippen molar-refractivity contribution in [3.63, 3.8) is 0 Å². The minimum Gasteiger partial charge on any atom is -0.392 e. The van der Waals surface area contributed by atoms with E-state index in [4.69, 9.17) is 4.74 Å². The van der Waals surface area contributed by atoms with Gasteiger partial charge in [-0.15, -0.1) is 0 Å². The van der Waals surface area contributed by atoms with Crippen molar-refractivity contribution in [2.75, 3.05) is 0 Å². The summed E-state index contributed by atoms with van der Waals surface area (Å²) in [6, 6.07) is 0. The molecule has 4 aliphatic carbocycles. The van der Waals surface area contributed by atoms with Crippen molar-refractivity contribution in [1.82, 2.24) is 0 Å². The average molecular weight is 445 g/mol. The molecule has 0 bridgehead atoms.